The normalized spacial score (nSPS) is 21.8. The van der Waals surface area contributed by atoms with Crippen molar-refractivity contribution in [2.24, 2.45) is 0 Å². The van der Waals surface area contributed by atoms with E-state index in [0.29, 0.717) is 0 Å². The number of carbonyl (C=O) groups is 1. The quantitative estimate of drug-likeness (QED) is 0.582. The number of hydrogen-bond donors (Lipinski definition) is 0. The minimum absolute atomic E-state index is 0.121. The average molecular weight is 186 g/mol. The molecule has 0 aromatic heterocycles. The monoisotopic (exact) mass is 186 g/mol. The standard InChI is InChI=1S/C8H14N2OS/c1-6(2)10-9(5)7(11)8(3,4)12-10/h1H2,2-5H3. The summed E-state index contributed by atoms with van der Waals surface area (Å²) in [4.78, 5) is 11.6. The number of rotatable bonds is 1. The van der Waals surface area contributed by atoms with Crippen LogP contribution in [0.2, 0.25) is 0 Å². The summed E-state index contributed by atoms with van der Waals surface area (Å²) in [5.41, 5.74) is 0.876. The highest BCUT2D eigenvalue weighted by Gasteiger charge is 2.43. The second-order valence-corrected chi connectivity index (χ2v) is 4.99. The van der Waals surface area contributed by atoms with Crippen molar-refractivity contribution in [1.29, 1.82) is 0 Å². The zero-order valence-corrected chi connectivity index (χ0v) is 8.73. The average Bonchev–Trinajstić information content (AvgIpc) is 2.14. The lowest BCUT2D eigenvalue weighted by atomic mass is 10.2. The zero-order chi connectivity index (χ0) is 9.52. The molecule has 0 N–H and O–H groups in total. The van der Waals surface area contributed by atoms with Gasteiger partial charge in [-0.1, -0.05) is 6.58 Å². The smallest absolute Gasteiger partial charge is 0.259 e. The van der Waals surface area contributed by atoms with Crippen LogP contribution < -0.4 is 0 Å². The van der Waals surface area contributed by atoms with Gasteiger partial charge in [0.2, 0.25) is 0 Å². The van der Waals surface area contributed by atoms with Crippen LogP contribution in [-0.2, 0) is 4.79 Å². The van der Waals surface area contributed by atoms with Crippen molar-refractivity contribution in [3.63, 3.8) is 0 Å². The molecule has 1 heterocycles. The molecule has 0 radical (unpaired) electrons. The van der Waals surface area contributed by atoms with E-state index in [1.807, 2.05) is 25.2 Å². The van der Waals surface area contributed by atoms with E-state index in [9.17, 15) is 4.79 Å². The first-order valence-electron chi connectivity index (χ1n) is 3.79. The van der Waals surface area contributed by atoms with Crippen LogP contribution in [0.5, 0.6) is 0 Å². The Morgan fingerprint density at radius 3 is 2.25 bits per heavy atom. The van der Waals surface area contributed by atoms with Crippen LogP contribution in [0, 0.1) is 0 Å². The summed E-state index contributed by atoms with van der Waals surface area (Å²) in [5.74, 6) is 0.121. The van der Waals surface area contributed by atoms with Crippen LogP contribution in [0.4, 0.5) is 0 Å². The Balaban J connectivity index is 2.88. The van der Waals surface area contributed by atoms with Crippen LogP contribution >= 0.6 is 11.9 Å². The van der Waals surface area contributed by atoms with E-state index < -0.39 is 0 Å². The lowest BCUT2D eigenvalue weighted by molar-refractivity contribution is -0.135. The predicted molar refractivity (Wildman–Crippen MR) is 51.1 cm³/mol. The number of amides is 1. The molecule has 0 aromatic rings. The Morgan fingerprint density at radius 1 is 1.58 bits per heavy atom. The lowest BCUT2D eigenvalue weighted by Gasteiger charge is -2.23. The third-order valence-electron chi connectivity index (χ3n) is 1.72. The molecule has 0 spiro atoms. The van der Waals surface area contributed by atoms with E-state index in [2.05, 4.69) is 6.58 Å². The predicted octanol–water partition coefficient (Wildman–Crippen LogP) is 1.64. The van der Waals surface area contributed by atoms with Gasteiger partial charge in [-0.3, -0.25) is 4.79 Å². The van der Waals surface area contributed by atoms with Crippen LogP contribution in [0.15, 0.2) is 12.3 Å². The molecule has 0 unspecified atom stereocenters. The van der Waals surface area contributed by atoms with Crippen molar-refractivity contribution in [3.8, 4) is 0 Å². The Morgan fingerprint density at radius 2 is 2.08 bits per heavy atom. The lowest BCUT2D eigenvalue weighted by Crippen LogP contribution is -2.35. The van der Waals surface area contributed by atoms with Gasteiger partial charge in [0.25, 0.3) is 5.91 Å². The zero-order valence-electron chi connectivity index (χ0n) is 7.92. The third kappa shape index (κ3) is 1.31. The molecule has 1 fully saturated rings. The van der Waals surface area contributed by atoms with E-state index in [1.165, 1.54) is 11.9 Å². The van der Waals surface area contributed by atoms with Gasteiger partial charge in [0.15, 0.2) is 0 Å². The maximum Gasteiger partial charge on any atom is 0.259 e. The summed E-state index contributed by atoms with van der Waals surface area (Å²) in [6.07, 6.45) is 0. The fraction of sp³-hybridized carbons (Fsp3) is 0.625. The second-order valence-electron chi connectivity index (χ2n) is 3.44. The van der Waals surface area contributed by atoms with Crippen molar-refractivity contribution in [1.82, 2.24) is 9.42 Å². The number of allylic oxidation sites excluding steroid dienone is 1. The third-order valence-corrected chi connectivity index (χ3v) is 3.08. The van der Waals surface area contributed by atoms with Crippen molar-refractivity contribution >= 4 is 17.9 Å². The number of carbonyl (C=O) groups excluding carboxylic acids is 1. The van der Waals surface area contributed by atoms with E-state index in [4.69, 9.17) is 0 Å². The summed E-state index contributed by atoms with van der Waals surface area (Å²) in [5, 5.41) is 1.60. The van der Waals surface area contributed by atoms with Gasteiger partial charge in [-0.05, 0) is 32.7 Å². The highest BCUT2D eigenvalue weighted by atomic mass is 32.2. The number of hydrazine groups is 1. The van der Waals surface area contributed by atoms with Gasteiger partial charge in [-0.15, -0.1) is 0 Å². The van der Waals surface area contributed by atoms with Crippen LogP contribution in [0.3, 0.4) is 0 Å². The molecule has 0 atom stereocenters. The first-order chi connectivity index (χ1) is 5.36. The molecule has 0 bridgehead atoms. The van der Waals surface area contributed by atoms with Crippen molar-refractivity contribution in [3.05, 3.63) is 12.3 Å². The highest BCUT2D eigenvalue weighted by Crippen LogP contribution is 2.39. The molecule has 3 nitrogen and oxygen atoms in total. The Hall–Kier alpha value is -0.640. The summed E-state index contributed by atoms with van der Waals surface area (Å²) in [6.45, 7) is 9.52. The molecular weight excluding hydrogens is 172 g/mol. The second kappa shape index (κ2) is 2.69. The topological polar surface area (TPSA) is 23.6 Å². The molecule has 4 heteroatoms. The molecular formula is C8H14N2OS. The SMILES string of the molecule is C=C(C)N1SC(C)(C)C(=O)N1C. The first kappa shape index (κ1) is 9.45. The summed E-state index contributed by atoms with van der Waals surface area (Å²) >= 11 is 1.50. The van der Waals surface area contributed by atoms with Crippen molar-refractivity contribution < 1.29 is 4.79 Å². The highest BCUT2D eigenvalue weighted by molar-refractivity contribution is 7.99. The molecule has 12 heavy (non-hydrogen) atoms. The van der Waals surface area contributed by atoms with Gasteiger partial charge < -0.3 is 0 Å². The Kier molecular flexibility index (Phi) is 2.12. The molecule has 1 amide bonds. The molecule has 0 aliphatic carbocycles. The molecule has 1 aliphatic rings. The summed E-state index contributed by atoms with van der Waals surface area (Å²) in [7, 11) is 1.76. The van der Waals surface area contributed by atoms with Crippen LogP contribution in [0.1, 0.15) is 20.8 Å². The summed E-state index contributed by atoms with van der Waals surface area (Å²) < 4.78 is 1.47. The van der Waals surface area contributed by atoms with Gasteiger partial charge in [-0.25, -0.2) is 9.42 Å². The Labute approximate surface area is 77.5 Å². The van der Waals surface area contributed by atoms with Gasteiger partial charge in [0, 0.05) is 12.7 Å². The molecule has 0 aromatic carbocycles. The fourth-order valence-electron chi connectivity index (χ4n) is 1.12. The summed E-state index contributed by atoms with van der Waals surface area (Å²) in [6, 6.07) is 0. The number of nitrogens with zero attached hydrogens (tertiary/aromatic N) is 2. The Bertz CT molecular complexity index is 237. The molecule has 1 aliphatic heterocycles. The van der Waals surface area contributed by atoms with E-state index in [-0.39, 0.29) is 10.7 Å². The van der Waals surface area contributed by atoms with Gasteiger partial charge in [0.1, 0.15) is 4.75 Å². The minimum Gasteiger partial charge on any atom is -0.271 e. The largest absolute Gasteiger partial charge is 0.271 e. The van der Waals surface area contributed by atoms with E-state index in [1.54, 1.807) is 12.1 Å². The van der Waals surface area contributed by atoms with E-state index in [0.717, 1.165) is 5.70 Å². The maximum atomic E-state index is 11.6. The molecule has 68 valence electrons. The van der Waals surface area contributed by atoms with Crippen molar-refractivity contribution in [2.45, 2.75) is 25.5 Å². The van der Waals surface area contributed by atoms with Gasteiger partial charge >= 0.3 is 0 Å². The molecule has 0 saturated carbocycles. The minimum atomic E-state index is -0.353. The van der Waals surface area contributed by atoms with Crippen LogP contribution in [-0.4, -0.2) is 27.1 Å². The van der Waals surface area contributed by atoms with Gasteiger partial charge in [0.05, 0.1) is 0 Å². The maximum absolute atomic E-state index is 11.6. The van der Waals surface area contributed by atoms with Gasteiger partial charge in [-0.2, -0.15) is 0 Å². The van der Waals surface area contributed by atoms with E-state index >= 15 is 0 Å². The fourth-order valence-corrected chi connectivity index (χ4v) is 2.12. The number of hydrogen-bond acceptors (Lipinski definition) is 3. The molecule has 1 rings (SSSR count). The molecule has 1 saturated heterocycles. The first-order valence-corrected chi connectivity index (χ1v) is 4.56. The van der Waals surface area contributed by atoms with Crippen LogP contribution in [0.25, 0.3) is 0 Å². The van der Waals surface area contributed by atoms with Crippen molar-refractivity contribution in [2.75, 3.05) is 7.05 Å².